The van der Waals surface area contributed by atoms with Gasteiger partial charge in [0.15, 0.2) is 9.84 Å². The van der Waals surface area contributed by atoms with Gasteiger partial charge >= 0.3 is 5.97 Å². The van der Waals surface area contributed by atoms with Crippen molar-refractivity contribution < 1.29 is 27.9 Å². The van der Waals surface area contributed by atoms with Gasteiger partial charge in [0.25, 0.3) is 0 Å². The molecule has 0 aromatic heterocycles. The fourth-order valence-corrected chi connectivity index (χ4v) is 5.84. The molecule has 0 saturated heterocycles. The Morgan fingerprint density at radius 1 is 1.18 bits per heavy atom. The lowest BCUT2D eigenvalue weighted by molar-refractivity contribution is -0.141. The van der Waals surface area contributed by atoms with Crippen LogP contribution in [0.5, 0.6) is 0 Å². The van der Waals surface area contributed by atoms with Gasteiger partial charge in [-0.05, 0) is 42.2 Å². The quantitative estimate of drug-likeness (QED) is 0.274. The van der Waals surface area contributed by atoms with Crippen molar-refractivity contribution in [2.24, 2.45) is 5.41 Å². The van der Waals surface area contributed by atoms with Crippen LogP contribution in [0.4, 0.5) is 0 Å². The van der Waals surface area contributed by atoms with Crippen LogP contribution in [0.1, 0.15) is 70.4 Å². The number of ether oxygens (including phenoxy) is 1. The van der Waals surface area contributed by atoms with Gasteiger partial charge in [0, 0.05) is 7.05 Å². The van der Waals surface area contributed by atoms with Gasteiger partial charge in [-0.1, -0.05) is 51.5 Å². The van der Waals surface area contributed by atoms with Crippen molar-refractivity contribution in [3.63, 3.8) is 0 Å². The van der Waals surface area contributed by atoms with Crippen LogP contribution >= 0.6 is 0 Å². The Morgan fingerprint density at radius 3 is 2.42 bits per heavy atom. The highest BCUT2D eigenvalue weighted by Gasteiger charge is 2.36. The van der Waals surface area contributed by atoms with Gasteiger partial charge < -0.3 is 9.84 Å². The van der Waals surface area contributed by atoms with E-state index < -0.39 is 20.7 Å². The molecule has 0 saturated carbocycles. The number of sulfone groups is 1. The van der Waals surface area contributed by atoms with Crippen molar-refractivity contribution in [2.75, 3.05) is 32.3 Å². The highest BCUT2D eigenvalue weighted by atomic mass is 32.2. The Hall–Kier alpha value is -1.97. The SMILES string of the molecule is CNNC(=O)[C@](C)(CCCC(C)(C)CS(=O)(=O)CCO)c1cccc(C(C)CC(=O)OC)c1. The van der Waals surface area contributed by atoms with Gasteiger partial charge in [-0.25, -0.2) is 13.8 Å². The third kappa shape index (κ3) is 9.06. The first kappa shape index (κ1) is 29.1. The lowest BCUT2D eigenvalue weighted by Gasteiger charge is -2.31. The molecule has 0 aliphatic rings. The van der Waals surface area contributed by atoms with Gasteiger partial charge in [-0.15, -0.1) is 0 Å². The highest BCUT2D eigenvalue weighted by molar-refractivity contribution is 7.91. The minimum Gasteiger partial charge on any atom is -0.469 e. The number of carbonyl (C=O) groups excluding carboxylic acids is 2. The van der Waals surface area contributed by atoms with Crippen LogP contribution in [0.2, 0.25) is 0 Å². The van der Waals surface area contributed by atoms with Gasteiger partial charge in [0.1, 0.15) is 0 Å². The van der Waals surface area contributed by atoms with Crippen LogP contribution in [0.3, 0.4) is 0 Å². The van der Waals surface area contributed by atoms with Crippen LogP contribution in [0, 0.1) is 5.41 Å². The Morgan fingerprint density at radius 2 is 1.85 bits per heavy atom. The van der Waals surface area contributed by atoms with Gasteiger partial charge in [0.2, 0.25) is 5.91 Å². The first-order valence-electron chi connectivity index (χ1n) is 11.3. The van der Waals surface area contributed by atoms with E-state index in [0.29, 0.717) is 19.3 Å². The number of hydrogen-bond donors (Lipinski definition) is 3. The van der Waals surface area contributed by atoms with Crippen molar-refractivity contribution in [1.82, 2.24) is 10.9 Å². The van der Waals surface area contributed by atoms with E-state index >= 15 is 0 Å². The molecule has 0 radical (unpaired) electrons. The van der Waals surface area contributed by atoms with Crippen LogP contribution < -0.4 is 10.9 Å². The van der Waals surface area contributed by atoms with Gasteiger partial charge in [-0.2, -0.15) is 0 Å². The van der Waals surface area contributed by atoms with E-state index in [1.807, 2.05) is 52.0 Å². The molecule has 0 spiro atoms. The number of benzene rings is 1. The summed E-state index contributed by atoms with van der Waals surface area (Å²) in [5.74, 6) is -0.796. The summed E-state index contributed by atoms with van der Waals surface area (Å²) in [6.07, 6.45) is 2.00. The fraction of sp³-hybridized carbons (Fsp3) is 0.667. The standard InChI is InChI=1S/C24H40N2O6S/c1-18(15-21(28)32-6)19-9-7-10-20(16-19)24(4,22(29)26-25-5)12-8-11-23(2,3)17-33(30,31)14-13-27/h7,9-10,16,18,25,27H,8,11-15,17H2,1-6H3,(H,26,29)/t18?,24-/m1/s1. The maximum absolute atomic E-state index is 13.1. The number of methoxy groups -OCH3 is 1. The molecular formula is C24H40N2O6S. The molecule has 9 heteroatoms. The minimum atomic E-state index is -3.34. The number of aliphatic hydroxyl groups is 1. The molecule has 2 atom stereocenters. The number of rotatable bonds is 14. The van der Waals surface area contributed by atoms with E-state index in [0.717, 1.165) is 11.1 Å². The number of carbonyl (C=O) groups is 2. The Kier molecular flexibility index (Phi) is 11.0. The second kappa shape index (κ2) is 12.5. The fourth-order valence-electron chi connectivity index (χ4n) is 4.08. The molecule has 188 valence electrons. The third-order valence-electron chi connectivity index (χ3n) is 6.08. The molecule has 8 nitrogen and oxygen atoms in total. The zero-order valence-corrected chi connectivity index (χ0v) is 21.5. The van der Waals surface area contributed by atoms with Crippen LogP contribution in [-0.4, -0.2) is 57.7 Å². The molecule has 0 aliphatic carbocycles. The highest BCUT2D eigenvalue weighted by Crippen LogP contribution is 2.35. The van der Waals surface area contributed by atoms with Gasteiger partial charge in [-0.3, -0.25) is 15.0 Å². The van der Waals surface area contributed by atoms with E-state index in [1.165, 1.54) is 7.11 Å². The Balaban J connectivity index is 3.09. The molecule has 1 aromatic rings. The summed E-state index contributed by atoms with van der Waals surface area (Å²) in [4.78, 5) is 24.8. The smallest absolute Gasteiger partial charge is 0.306 e. The Bertz CT molecular complexity index is 900. The monoisotopic (exact) mass is 484 g/mol. The van der Waals surface area contributed by atoms with Crippen molar-refractivity contribution in [3.8, 4) is 0 Å². The molecular weight excluding hydrogens is 444 g/mol. The van der Waals surface area contributed by atoms with Crippen molar-refractivity contribution in [1.29, 1.82) is 0 Å². The molecule has 1 aromatic carbocycles. The summed E-state index contributed by atoms with van der Waals surface area (Å²) in [5, 5.41) is 8.99. The Labute approximate surface area is 198 Å². The van der Waals surface area contributed by atoms with Crippen LogP contribution in [0.25, 0.3) is 0 Å². The summed E-state index contributed by atoms with van der Waals surface area (Å²) in [6.45, 7) is 7.21. The molecule has 3 N–H and O–H groups in total. The molecule has 1 amide bonds. The molecule has 0 fully saturated rings. The summed E-state index contributed by atoms with van der Waals surface area (Å²) >= 11 is 0. The number of hydrogen-bond acceptors (Lipinski definition) is 7. The topological polar surface area (TPSA) is 122 Å². The van der Waals surface area contributed by atoms with Crippen molar-refractivity contribution >= 4 is 21.7 Å². The van der Waals surface area contributed by atoms with Crippen molar-refractivity contribution in [3.05, 3.63) is 35.4 Å². The molecule has 0 bridgehead atoms. The van der Waals surface area contributed by atoms with E-state index in [1.54, 1.807) is 7.05 Å². The molecule has 0 aliphatic heterocycles. The first-order valence-corrected chi connectivity index (χ1v) is 13.1. The zero-order chi connectivity index (χ0) is 25.3. The van der Waals surface area contributed by atoms with Crippen LogP contribution in [0.15, 0.2) is 24.3 Å². The lowest BCUT2D eigenvalue weighted by Crippen LogP contribution is -2.47. The summed E-state index contributed by atoms with van der Waals surface area (Å²) < 4.78 is 29.1. The number of amides is 1. The second-order valence-corrected chi connectivity index (χ2v) is 11.9. The first-order chi connectivity index (χ1) is 15.3. The van der Waals surface area contributed by atoms with E-state index in [4.69, 9.17) is 9.84 Å². The summed E-state index contributed by atoms with van der Waals surface area (Å²) in [5.41, 5.74) is 5.83. The number of esters is 1. The summed E-state index contributed by atoms with van der Waals surface area (Å²) in [6, 6.07) is 7.68. The maximum atomic E-state index is 13.1. The number of hydrazine groups is 1. The van der Waals surface area contributed by atoms with Crippen LogP contribution in [-0.2, 0) is 29.6 Å². The van der Waals surface area contributed by atoms with Gasteiger partial charge in [0.05, 0.1) is 37.1 Å². The van der Waals surface area contributed by atoms with E-state index in [9.17, 15) is 18.0 Å². The predicted molar refractivity (Wildman–Crippen MR) is 129 cm³/mol. The normalized spacial score (nSPS) is 14.9. The maximum Gasteiger partial charge on any atom is 0.306 e. The molecule has 1 rings (SSSR count). The number of nitrogens with one attached hydrogen (secondary N) is 2. The molecule has 0 heterocycles. The van der Waals surface area contributed by atoms with E-state index in [2.05, 4.69) is 10.9 Å². The molecule has 33 heavy (non-hydrogen) atoms. The second-order valence-electron chi connectivity index (χ2n) is 9.68. The molecule has 1 unspecified atom stereocenters. The average molecular weight is 485 g/mol. The third-order valence-corrected chi connectivity index (χ3v) is 8.10. The average Bonchev–Trinajstić information content (AvgIpc) is 2.72. The minimum absolute atomic E-state index is 0.0134. The predicted octanol–water partition coefficient (Wildman–Crippen LogP) is 2.47. The summed E-state index contributed by atoms with van der Waals surface area (Å²) in [7, 11) is -0.347. The zero-order valence-electron chi connectivity index (χ0n) is 20.7. The lowest BCUT2D eigenvalue weighted by atomic mass is 9.75. The number of aliphatic hydroxyl groups excluding tert-OH is 1. The van der Waals surface area contributed by atoms with Crippen molar-refractivity contribution in [2.45, 2.75) is 64.7 Å². The van der Waals surface area contributed by atoms with E-state index in [-0.39, 0.29) is 42.3 Å². The largest absolute Gasteiger partial charge is 0.469 e.